The zero-order valence-corrected chi connectivity index (χ0v) is 14.7. The smallest absolute Gasteiger partial charge is 0.405 e. The zero-order valence-electron chi connectivity index (χ0n) is 12.3. The van der Waals surface area contributed by atoms with Gasteiger partial charge in [-0.25, -0.2) is 8.37 Å². The topological polar surface area (TPSA) is 116 Å². The number of rotatable bonds is 5. The number of halogens is 1. The highest BCUT2D eigenvalue weighted by atomic mass is 35.5. The van der Waals surface area contributed by atoms with Crippen molar-refractivity contribution in [1.82, 2.24) is 0 Å². The molecule has 0 amide bonds. The van der Waals surface area contributed by atoms with E-state index < -0.39 is 37.8 Å². The van der Waals surface area contributed by atoms with Gasteiger partial charge < -0.3 is 4.74 Å². The van der Waals surface area contributed by atoms with E-state index in [0.717, 1.165) is 6.07 Å². The van der Waals surface area contributed by atoms with Crippen molar-refractivity contribution in [3.05, 3.63) is 59.1 Å². The van der Waals surface area contributed by atoms with Crippen LogP contribution in [0, 0.1) is 0 Å². The van der Waals surface area contributed by atoms with Gasteiger partial charge in [-0.05, 0) is 23.8 Å². The molecule has 134 valence electrons. The van der Waals surface area contributed by atoms with Crippen LogP contribution in [0.3, 0.4) is 0 Å². The predicted octanol–water partition coefficient (Wildman–Crippen LogP) is 2.32. The molecule has 25 heavy (non-hydrogen) atoms. The van der Waals surface area contributed by atoms with Crippen LogP contribution in [0.2, 0.25) is 5.02 Å². The van der Waals surface area contributed by atoms with E-state index >= 15 is 0 Å². The molecule has 0 radical (unpaired) electrons. The summed E-state index contributed by atoms with van der Waals surface area (Å²) in [5.74, 6) is -0.239. The van der Waals surface area contributed by atoms with Crippen molar-refractivity contribution in [1.29, 1.82) is 0 Å². The first-order chi connectivity index (χ1) is 11.7. The molecule has 2 aromatic rings. The fraction of sp³-hybridized carbons (Fsp3) is 0.143. The Kier molecular flexibility index (Phi) is 4.75. The average Bonchev–Trinajstić information content (AvgIpc) is 2.51. The molecule has 1 fully saturated rings. The van der Waals surface area contributed by atoms with Crippen LogP contribution in [0.1, 0.15) is 11.7 Å². The number of hydrogen-bond acceptors (Lipinski definition) is 7. The second-order valence-electron chi connectivity index (χ2n) is 4.98. The van der Waals surface area contributed by atoms with E-state index in [1.165, 1.54) is 12.1 Å². The Labute approximate surface area is 149 Å². The van der Waals surface area contributed by atoms with E-state index in [1.54, 1.807) is 30.3 Å². The largest absolute Gasteiger partial charge is 0.479 e. The van der Waals surface area contributed by atoms with E-state index in [-0.39, 0.29) is 10.8 Å². The molecule has 1 atom stereocenters. The molecule has 3 rings (SSSR count). The summed E-state index contributed by atoms with van der Waals surface area (Å²) in [6, 6.07) is 11.9. The van der Waals surface area contributed by atoms with E-state index in [0.29, 0.717) is 5.56 Å². The van der Waals surface area contributed by atoms with Crippen molar-refractivity contribution in [2.24, 2.45) is 0 Å². The van der Waals surface area contributed by atoms with Crippen molar-refractivity contribution >= 4 is 32.1 Å². The van der Waals surface area contributed by atoms with E-state index in [4.69, 9.17) is 16.3 Å². The Bertz CT molecular complexity index is 977. The highest BCUT2D eigenvalue weighted by Gasteiger charge is 2.44. The van der Waals surface area contributed by atoms with Gasteiger partial charge in [0.25, 0.3) is 10.1 Å². The van der Waals surface area contributed by atoms with Crippen molar-refractivity contribution in [3.63, 3.8) is 0 Å². The molecule has 11 heteroatoms. The van der Waals surface area contributed by atoms with Crippen LogP contribution in [0.15, 0.2) is 53.4 Å². The highest BCUT2D eigenvalue weighted by Crippen LogP contribution is 2.37. The standard InChI is InChI=1S/C14H11ClO8S2/c15-10-6-7-11(12(8-10)24(16,17)18)21-13(9-4-2-1-3-5-9)14-22-25(19,20)23-14/h1-8,13-14H,(H,16,17,18). The summed E-state index contributed by atoms with van der Waals surface area (Å²) in [7, 11) is -8.72. The minimum absolute atomic E-state index is 0.0648. The Balaban J connectivity index is 2.00. The monoisotopic (exact) mass is 406 g/mol. The van der Waals surface area contributed by atoms with Crippen LogP contribution in [0.5, 0.6) is 5.75 Å². The zero-order chi connectivity index (χ0) is 18.2. The lowest BCUT2D eigenvalue weighted by Crippen LogP contribution is -2.42. The summed E-state index contributed by atoms with van der Waals surface area (Å²) in [5.41, 5.74) is 0.471. The third kappa shape index (κ3) is 4.11. The van der Waals surface area contributed by atoms with Gasteiger partial charge in [0, 0.05) is 5.02 Å². The minimum Gasteiger partial charge on any atom is -0.479 e. The minimum atomic E-state index is -4.63. The van der Waals surface area contributed by atoms with E-state index in [1.807, 2.05) is 0 Å². The van der Waals surface area contributed by atoms with Crippen LogP contribution in [0.25, 0.3) is 0 Å². The van der Waals surface area contributed by atoms with Crippen molar-refractivity contribution in [2.75, 3.05) is 0 Å². The van der Waals surface area contributed by atoms with Crippen molar-refractivity contribution in [3.8, 4) is 5.75 Å². The molecular weight excluding hydrogens is 396 g/mol. The predicted molar refractivity (Wildman–Crippen MR) is 86.0 cm³/mol. The lowest BCUT2D eigenvalue weighted by atomic mass is 10.1. The maximum Gasteiger partial charge on any atom is 0.405 e. The molecule has 0 spiro atoms. The number of ether oxygens (including phenoxy) is 1. The lowest BCUT2D eigenvalue weighted by Gasteiger charge is -2.32. The molecule has 0 saturated carbocycles. The van der Waals surface area contributed by atoms with Crippen molar-refractivity contribution < 1.29 is 34.5 Å². The summed E-state index contributed by atoms with van der Waals surface area (Å²) >= 11 is 5.76. The van der Waals surface area contributed by atoms with Gasteiger partial charge in [0.2, 0.25) is 6.29 Å². The molecule has 8 nitrogen and oxygen atoms in total. The van der Waals surface area contributed by atoms with Gasteiger partial charge >= 0.3 is 10.4 Å². The molecular formula is C14H11ClO8S2. The average molecular weight is 407 g/mol. The SMILES string of the molecule is O=S1(=O)OC(C(Oc2ccc(Cl)cc2S(=O)(=O)O)c2ccccc2)O1. The van der Waals surface area contributed by atoms with Gasteiger partial charge in [0.1, 0.15) is 10.6 Å². The molecule has 1 heterocycles. The van der Waals surface area contributed by atoms with Gasteiger partial charge in [0.15, 0.2) is 6.10 Å². The fourth-order valence-electron chi connectivity index (χ4n) is 2.18. The quantitative estimate of drug-likeness (QED) is 0.752. The van der Waals surface area contributed by atoms with E-state index in [2.05, 4.69) is 8.37 Å². The Morgan fingerprint density at radius 2 is 1.76 bits per heavy atom. The van der Waals surface area contributed by atoms with Crippen LogP contribution < -0.4 is 4.74 Å². The second-order valence-corrected chi connectivity index (χ2v) is 8.01. The fourth-order valence-corrected chi connectivity index (χ4v) is 3.75. The van der Waals surface area contributed by atoms with Gasteiger partial charge in [-0.3, -0.25) is 4.55 Å². The number of benzene rings is 2. The van der Waals surface area contributed by atoms with Crippen molar-refractivity contribution in [2.45, 2.75) is 17.3 Å². The van der Waals surface area contributed by atoms with Gasteiger partial charge in [-0.15, -0.1) is 0 Å². The molecule has 2 aromatic carbocycles. The van der Waals surface area contributed by atoms with Crippen LogP contribution >= 0.6 is 11.6 Å². The normalized spacial score (nSPS) is 18.3. The summed E-state index contributed by atoms with van der Waals surface area (Å²) in [4.78, 5) is -0.567. The molecule has 1 unspecified atom stereocenters. The Morgan fingerprint density at radius 3 is 2.32 bits per heavy atom. The molecule has 1 aliphatic rings. The lowest BCUT2D eigenvalue weighted by molar-refractivity contribution is -0.141. The van der Waals surface area contributed by atoms with Gasteiger partial charge in [0.05, 0.1) is 0 Å². The first-order valence-electron chi connectivity index (χ1n) is 6.76. The first-order valence-corrected chi connectivity index (χ1v) is 9.91. The number of hydrogen-bond donors (Lipinski definition) is 1. The summed E-state index contributed by atoms with van der Waals surface area (Å²) in [6.45, 7) is 0. The first kappa shape index (κ1) is 18.1. The third-order valence-electron chi connectivity index (χ3n) is 3.24. The highest BCUT2D eigenvalue weighted by molar-refractivity contribution is 7.86. The maximum absolute atomic E-state index is 11.5. The summed E-state index contributed by atoms with van der Waals surface area (Å²) < 4.78 is 69.5. The molecule has 0 aromatic heterocycles. The maximum atomic E-state index is 11.5. The summed E-state index contributed by atoms with van der Waals surface area (Å²) in [6.07, 6.45) is -2.41. The molecule has 0 bridgehead atoms. The van der Waals surface area contributed by atoms with E-state index in [9.17, 15) is 21.4 Å². The van der Waals surface area contributed by atoms with Gasteiger partial charge in [-0.1, -0.05) is 41.9 Å². The van der Waals surface area contributed by atoms with Crippen LogP contribution in [-0.2, 0) is 28.9 Å². The molecule has 1 saturated heterocycles. The third-order valence-corrected chi connectivity index (χ3v) is 5.20. The summed E-state index contributed by atoms with van der Waals surface area (Å²) in [5, 5.41) is 0.0648. The van der Waals surface area contributed by atoms with Crippen LogP contribution in [-0.4, -0.2) is 27.7 Å². The Hall–Kier alpha value is -1.69. The van der Waals surface area contributed by atoms with Gasteiger partial charge in [-0.2, -0.15) is 16.8 Å². The molecule has 1 aliphatic heterocycles. The molecule has 0 aliphatic carbocycles. The Morgan fingerprint density at radius 1 is 1.12 bits per heavy atom. The second kappa shape index (κ2) is 6.56. The van der Waals surface area contributed by atoms with Crippen LogP contribution in [0.4, 0.5) is 0 Å². The molecule has 1 N–H and O–H groups in total.